The molecule has 0 fully saturated rings. The highest BCUT2D eigenvalue weighted by Gasteiger charge is 2.36. The number of ether oxygens (including phenoxy) is 1. The van der Waals surface area contributed by atoms with Crippen molar-refractivity contribution in [2.24, 2.45) is 0 Å². The van der Waals surface area contributed by atoms with E-state index in [1.54, 1.807) is 25.8 Å². The smallest absolute Gasteiger partial charge is 0.422 e. The summed E-state index contributed by atoms with van der Waals surface area (Å²) in [4.78, 5) is 41.1. The molecule has 0 radical (unpaired) electrons. The van der Waals surface area contributed by atoms with Gasteiger partial charge in [-0.2, -0.15) is 31.3 Å². The number of carbonyl (C=O) groups is 2. The van der Waals surface area contributed by atoms with Gasteiger partial charge in [0, 0.05) is 44.0 Å². The Morgan fingerprint density at radius 2 is 1.73 bits per heavy atom. The van der Waals surface area contributed by atoms with Crippen LogP contribution >= 0.6 is 0 Å². The number of halogens is 6. The minimum absolute atomic E-state index is 0.0529. The number of nitrogens with one attached hydrogen (secondary N) is 2. The number of anilines is 6. The molecule has 2 aromatic carbocycles. The van der Waals surface area contributed by atoms with Gasteiger partial charge in [-0.3, -0.25) is 4.79 Å². The molecular weight excluding hydrogens is 658 g/mol. The van der Waals surface area contributed by atoms with Crippen LogP contribution in [0.3, 0.4) is 0 Å². The lowest BCUT2D eigenvalue weighted by molar-refractivity contribution is -0.153. The van der Waals surface area contributed by atoms with Crippen LogP contribution in [-0.4, -0.2) is 84.8 Å². The maximum absolute atomic E-state index is 13.7. The highest BCUT2D eigenvalue weighted by Crippen LogP contribution is 2.41. The van der Waals surface area contributed by atoms with Gasteiger partial charge >= 0.3 is 18.4 Å². The van der Waals surface area contributed by atoms with Gasteiger partial charge in [-0.25, -0.2) is 14.7 Å². The van der Waals surface area contributed by atoms with Crippen molar-refractivity contribution in [2.45, 2.75) is 38.8 Å². The Morgan fingerprint density at radius 3 is 2.31 bits per heavy atom. The quantitative estimate of drug-likeness (QED) is 0.158. The van der Waals surface area contributed by atoms with Crippen LogP contribution in [0.2, 0.25) is 0 Å². The number of alkyl halides is 6. The van der Waals surface area contributed by atoms with Crippen LogP contribution in [0.4, 0.5) is 65.7 Å². The van der Waals surface area contributed by atoms with Gasteiger partial charge in [0.05, 0.1) is 34.9 Å². The zero-order chi connectivity index (χ0) is 36.3. The second kappa shape index (κ2) is 14.6. The summed E-state index contributed by atoms with van der Waals surface area (Å²) >= 11 is 0. The van der Waals surface area contributed by atoms with Crippen molar-refractivity contribution in [3.05, 3.63) is 66.4 Å². The second-order valence-corrected chi connectivity index (χ2v) is 11.7. The number of rotatable bonds is 12. The van der Waals surface area contributed by atoms with Crippen molar-refractivity contribution in [3.8, 4) is 5.75 Å². The Kier molecular flexibility index (Phi) is 11.0. The summed E-state index contributed by atoms with van der Waals surface area (Å²) in [5.74, 6) is -0.948. The molecule has 3 amide bonds. The third-order valence-corrected chi connectivity index (χ3v) is 7.38. The molecule has 3 aromatic rings. The molecular formula is C32H36F6N8O3. The number of likely N-dealkylation sites (N-methyl/N-ethyl adjacent to an activating group) is 2. The van der Waals surface area contributed by atoms with E-state index in [2.05, 4.69) is 27.2 Å². The maximum Gasteiger partial charge on any atom is 0.422 e. The van der Waals surface area contributed by atoms with E-state index in [1.807, 2.05) is 19.0 Å². The van der Waals surface area contributed by atoms with Gasteiger partial charge in [-0.15, -0.1) is 0 Å². The van der Waals surface area contributed by atoms with E-state index in [1.165, 1.54) is 23.2 Å². The highest BCUT2D eigenvalue weighted by molar-refractivity contribution is 6.02. The molecule has 2 N–H and O–H groups in total. The molecule has 0 unspecified atom stereocenters. The molecule has 1 aromatic heterocycles. The first-order valence-electron chi connectivity index (χ1n) is 15.0. The predicted molar refractivity (Wildman–Crippen MR) is 174 cm³/mol. The number of fused-ring (bicyclic) bond motifs is 1. The van der Waals surface area contributed by atoms with Crippen molar-refractivity contribution in [1.29, 1.82) is 0 Å². The lowest BCUT2D eigenvalue weighted by Gasteiger charge is -2.38. The van der Waals surface area contributed by atoms with Gasteiger partial charge < -0.3 is 30.1 Å². The van der Waals surface area contributed by atoms with Gasteiger partial charge in [0.15, 0.2) is 12.4 Å². The van der Waals surface area contributed by atoms with Crippen LogP contribution < -0.4 is 25.2 Å². The fourth-order valence-corrected chi connectivity index (χ4v) is 4.81. The van der Waals surface area contributed by atoms with E-state index in [-0.39, 0.29) is 47.2 Å². The first kappa shape index (κ1) is 36.8. The monoisotopic (exact) mass is 694 g/mol. The second-order valence-electron chi connectivity index (χ2n) is 11.7. The van der Waals surface area contributed by atoms with Crippen molar-refractivity contribution in [2.75, 3.05) is 61.3 Å². The van der Waals surface area contributed by atoms with E-state index in [0.29, 0.717) is 24.3 Å². The number of nitrogens with zero attached hydrogens (tertiary/aromatic N) is 6. The Hall–Kier alpha value is -5.06. The van der Waals surface area contributed by atoms with Crippen LogP contribution in [0.25, 0.3) is 0 Å². The van der Waals surface area contributed by atoms with Crippen molar-refractivity contribution in [3.63, 3.8) is 0 Å². The van der Waals surface area contributed by atoms with Crippen molar-refractivity contribution in [1.82, 2.24) is 19.8 Å². The summed E-state index contributed by atoms with van der Waals surface area (Å²) in [6, 6.07) is 5.83. The third-order valence-electron chi connectivity index (χ3n) is 7.38. The first-order valence-corrected chi connectivity index (χ1v) is 15.0. The molecule has 0 bridgehead atoms. The fourth-order valence-electron chi connectivity index (χ4n) is 4.81. The Bertz CT molecular complexity index is 1680. The molecule has 0 saturated carbocycles. The molecule has 1 aliphatic heterocycles. The number of amides is 3. The number of hydrogen-bond donors (Lipinski definition) is 2. The summed E-state index contributed by atoms with van der Waals surface area (Å²) in [5.41, 5.74) is 0.153. The number of aromatic nitrogens is 2. The maximum atomic E-state index is 13.7. The topological polar surface area (TPSA) is 106 Å². The molecule has 17 heteroatoms. The van der Waals surface area contributed by atoms with E-state index >= 15 is 0 Å². The normalized spacial score (nSPS) is 13.4. The SMILES string of the molecule is C=CC(=O)Nc1cc(Nc2ncc3c(n2)N(c2ccc(C(F)(F)F)cc2)C(=O)N(C(C)C)C3)c(OCC(F)(F)F)cc1N(C)CCN(C)C. The lowest BCUT2D eigenvalue weighted by Crippen LogP contribution is -2.48. The number of carbonyl (C=O) groups excluding carboxylic acids is 2. The minimum atomic E-state index is -4.68. The van der Waals surface area contributed by atoms with Gasteiger partial charge in [-0.05, 0) is 64.4 Å². The van der Waals surface area contributed by atoms with Crippen LogP contribution in [-0.2, 0) is 17.5 Å². The molecule has 0 spiro atoms. The molecule has 4 rings (SSSR count). The van der Waals surface area contributed by atoms with Crippen LogP contribution in [0.5, 0.6) is 5.75 Å². The van der Waals surface area contributed by atoms with Gasteiger partial charge in [-0.1, -0.05) is 6.58 Å². The zero-order valence-electron chi connectivity index (χ0n) is 27.4. The molecule has 0 aliphatic carbocycles. The molecule has 264 valence electrons. The van der Waals surface area contributed by atoms with Crippen molar-refractivity contribution >= 4 is 46.5 Å². The largest absolute Gasteiger partial charge is 0.482 e. The summed E-state index contributed by atoms with van der Waals surface area (Å²) in [6.07, 6.45) is -6.84. The predicted octanol–water partition coefficient (Wildman–Crippen LogP) is 6.78. The average molecular weight is 695 g/mol. The zero-order valence-corrected chi connectivity index (χ0v) is 27.4. The Balaban J connectivity index is 1.81. The summed E-state index contributed by atoms with van der Waals surface area (Å²) in [7, 11) is 5.40. The lowest BCUT2D eigenvalue weighted by atomic mass is 10.1. The molecule has 1 aliphatic rings. The molecule has 49 heavy (non-hydrogen) atoms. The third kappa shape index (κ3) is 9.10. The average Bonchev–Trinajstić information content (AvgIpc) is 3.02. The summed E-state index contributed by atoms with van der Waals surface area (Å²) in [5, 5.41) is 5.50. The van der Waals surface area contributed by atoms with Gasteiger partial charge in [0.2, 0.25) is 11.9 Å². The van der Waals surface area contributed by atoms with Crippen molar-refractivity contribution < 1.29 is 40.7 Å². The highest BCUT2D eigenvalue weighted by atomic mass is 19.4. The fraction of sp³-hybridized carbons (Fsp3) is 0.375. The van der Waals surface area contributed by atoms with Gasteiger partial charge in [0.1, 0.15) is 5.75 Å². The van der Waals surface area contributed by atoms with E-state index in [9.17, 15) is 35.9 Å². The van der Waals surface area contributed by atoms with Gasteiger partial charge in [0.25, 0.3) is 0 Å². The van der Waals surface area contributed by atoms with E-state index in [0.717, 1.165) is 35.2 Å². The Morgan fingerprint density at radius 1 is 1.06 bits per heavy atom. The van der Waals surface area contributed by atoms with Crippen LogP contribution in [0, 0.1) is 0 Å². The number of benzene rings is 2. The first-order chi connectivity index (χ1) is 22.9. The number of hydrogen-bond acceptors (Lipinski definition) is 8. The molecule has 0 saturated heterocycles. The minimum Gasteiger partial charge on any atom is -0.482 e. The van der Waals surface area contributed by atoms with E-state index < -0.39 is 36.5 Å². The molecule has 0 atom stereocenters. The Labute approximate surface area is 279 Å². The molecule has 2 heterocycles. The van der Waals surface area contributed by atoms with Crippen LogP contribution in [0.1, 0.15) is 25.0 Å². The number of urea groups is 1. The molecule has 11 nitrogen and oxygen atoms in total. The standard InChI is InChI=1S/C32H36F6N8O3/c1-7-27(47)40-23-14-24(26(49-18-31(33,34)35)15-25(23)44(6)13-12-43(4)5)41-29-39-16-20-17-45(19(2)3)30(48)46(28(20)42-29)22-10-8-21(9-11-22)32(36,37)38/h7-11,14-16,19H,1,12-13,17-18H2,2-6H3,(H,40,47)(H,39,41,42). The van der Waals surface area contributed by atoms with E-state index in [4.69, 9.17) is 4.74 Å². The summed E-state index contributed by atoms with van der Waals surface area (Å²) < 4.78 is 85.0. The summed E-state index contributed by atoms with van der Waals surface area (Å²) in [6.45, 7) is 6.48. The van der Waals surface area contributed by atoms with Crippen LogP contribution in [0.15, 0.2) is 55.3 Å².